The molecule has 2 heterocycles. The lowest BCUT2D eigenvalue weighted by Crippen LogP contribution is -2.14. The van der Waals surface area contributed by atoms with Crippen LogP contribution in [0.2, 0.25) is 0 Å². The van der Waals surface area contributed by atoms with Gasteiger partial charge in [0.15, 0.2) is 17.4 Å². The van der Waals surface area contributed by atoms with Crippen LogP contribution in [0, 0.1) is 17.1 Å². The number of fused-ring (bicyclic) bond motifs is 1. The largest absolute Gasteiger partial charge is 0.483 e. The zero-order valence-electron chi connectivity index (χ0n) is 10.8. The zero-order valence-corrected chi connectivity index (χ0v) is 10.8. The first-order chi connectivity index (χ1) is 9.78. The Bertz CT molecular complexity index is 674. The Hall–Kier alpha value is -2.42. The average Bonchev–Trinajstić information content (AvgIpc) is 2.89. The van der Waals surface area contributed by atoms with Gasteiger partial charge in [0.25, 0.3) is 0 Å². The van der Waals surface area contributed by atoms with E-state index in [4.69, 9.17) is 10.00 Å². The topological polar surface area (TPSA) is 63.7 Å². The summed E-state index contributed by atoms with van der Waals surface area (Å²) in [6.45, 7) is 1.06. The molecule has 0 N–H and O–H groups in total. The number of nitriles is 1. The van der Waals surface area contributed by atoms with Gasteiger partial charge in [0, 0.05) is 13.0 Å². The second kappa shape index (κ2) is 5.29. The molecule has 0 amide bonds. The number of nitrogens with zero attached hydrogens (tertiary/aromatic N) is 4. The Labute approximate surface area is 115 Å². The molecule has 1 aliphatic heterocycles. The van der Waals surface area contributed by atoms with Crippen molar-refractivity contribution in [2.24, 2.45) is 0 Å². The van der Waals surface area contributed by atoms with Gasteiger partial charge < -0.3 is 9.30 Å². The van der Waals surface area contributed by atoms with Crippen LogP contribution >= 0.6 is 0 Å². The number of aryl methyl sites for hydroxylation is 1. The predicted octanol–water partition coefficient (Wildman–Crippen LogP) is 2.20. The van der Waals surface area contributed by atoms with Crippen molar-refractivity contribution in [3.8, 4) is 11.8 Å². The van der Waals surface area contributed by atoms with Gasteiger partial charge in [0.05, 0.1) is 11.6 Å². The van der Waals surface area contributed by atoms with Gasteiger partial charge in [-0.25, -0.2) is 4.39 Å². The smallest absolute Gasteiger partial charge is 0.171 e. The van der Waals surface area contributed by atoms with Gasteiger partial charge >= 0.3 is 0 Å². The summed E-state index contributed by atoms with van der Waals surface area (Å²) < 4.78 is 21.2. The zero-order chi connectivity index (χ0) is 13.9. The summed E-state index contributed by atoms with van der Waals surface area (Å²) in [4.78, 5) is 0. The summed E-state index contributed by atoms with van der Waals surface area (Å²) in [6, 6.07) is 6.03. The van der Waals surface area contributed by atoms with Gasteiger partial charge in [-0.15, -0.1) is 10.2 Å². The van der Waals surface area contributed by atoms with Crippen molar-refractivity contribution in [2.75, 3.05) is 0 Å². The molecule has 0 saturated heterocycles. The summed E-state index contributed by atoms with van der Waals surface area (Å²) in [7, 11) is 0. The molecule has 0 bridgehead atoms. The van der Waals surface area contributed by atoms with Crippen LogP contribution in [0.3, 0.4) is 0 Å². The fourth-order valence-corrected chi connectivity index (χ4v) is 2.31. The molecule has 5 nitrogen and oxygen atoms in total. The molecule has 20 heavy (non-hydrogen) atoms. The summed E-state index contributed by atoms with van der Waals surface area (Å²) in [5.41, 5.74) is 0.273. The molecule has 3 rings (SSSR count). The molecule has 0 saturated carbocycles. The number of benzene rings is 1. The minimum Gasteiger partial charge on any atom is -0.483 e. The lowest BCUT2D eigenvalue weighted by Gasteiger charge is -2.15. The third-order valence-corrected chi connectivity index (χ3v) is 3.35. The van der Waals surface area contributed by atoms with E-state index in [1.54, 1.807) is 0 Å². The monoisotopic (exact) mass is 272 g/mol. The lowest BCUT2D eigenvalue weighted by molar-refractivity contribution is 0.272. The van der Waals surface area contributed by atoms with Crippen molar-refractivity contribution in [3.63, 3.8) is 0 Å². The van der Waals surface area contributed by atoms with Crippen molar-refractivity contribution >= 4 is 0 Å². The highest BCUT2D eigenvalue weighted by atomic mass is 19.1. The van der Waals surface area contributed by atoms with Crippen LogP contribution in [-0.2, 0) is 19.6 Å². The maximum Gasteiger partial charge on any atom is 0.171 e. The van der Waals surface area contributed by atoms with Crippen molar-refractivity contribution in [1.29, 1.82) is 5.26 Å². The molecule has 1 aliphatic rings. The molecule has 6 heteroatoms. The molecule has 102 valence electrons. The lowest BCUT2D eigenvalue weighted by atomic mass is 10.2. The van der Waals surface area contributed by atoms with Crippen LogP contribution in [0.5, 0.6) is 5.75 Å². The maximum absolute atomic E-state index is 13.7. The van der Waals surface area contributed by atoms with E-state index >= 15 is 0 Å². The minimum atomic E-state index is -0.539. The number of ether oxygens (including phenoxy) is 1. The SMILES string of the molecule is N#Cc1ccc(OCc2nnc3n2CCCC3)c(F)c1. The summed E-state index contributed by atoms with van der Waals surface area (Å²) in [5.74, 6) is 1.26. The summed E-state index contributed by atoms with van der Waals surface area (Å²) in [5, 5.41) is 16.9. The highest BCUT2D eigenvalue weighted by Crippen LogP contribution is 2.20. The number of rotatable bonds is 3. The third-order valence-electron chi connectivity index (χ3n) is 3.35. The fourth-order valence-electron chi connectivity index (χ4n) is 2.31. The van der Waals surface area contributed by atoms with Gasteiger partial charge in [-0.1, -0.05) is 0 Å². The van der Waals surface area contributed by atoms with Crippen LogP contribution in [0.15, 0.2) is 18.2 Å². The molecule has 0 unspecified atom stereocenters. The molecule has 1 aromatic heterocycles. The van der Waals surface area contributed by atoms with E-state index in [0.29, 0.717) is 5.82 Å². The molecule has 0 atom stereocenters. The van der Waals surface area contributed by atoms with Gasteiger partial charge in [-0.05, 0) is 31.0 Å². The van der Waals surface area contributed by atoms with E-state index in [9.17, 15) is 4.39 Å². The molecule has 0 aliphatic carbocycles. The first-order valence-corrected chi connectivity index (χ1v) is 6.51. The molecule has 0 radical (unpaired) electrons. The van der Waals surface area contributed by atoms with Crippen molar-refractivity contribution in [2.45, 2.75) is 32.4 Å². The Morgan fingerprint density at radius 3 is 3.05 bits per heavy atom. The van der Waals surface area contributed by atoms with E-state index < -0.39 is 5.82 Å². The van der Waals surface area contributed by atoms with Gasteiger partial charge in [-0.2, -0.15) is 5.26 Å². The molecule has 1 aromatic carbocycles. The second-order valence-electron chi connectivity index (χ2n) is 4.69. The van der Waals surface area contributed by atoms with E-state index in [-0.39, 0.29) is 17.9 Å². The van der Waals surface area contributed by atoms with Crippen molar-refractivity contribution in [3.05, 3.63) is 41.2 Å². The molecular weight excluding hydrogens is 259 g/mol. The van der Waals surface area contributed by atoms with Crippen molar-refractivity contribution in [1.82, 2.24) is 14.8 Å². The van der Waals surface area contributed by atoms with Crippen molar-refractivity contribution < 1.29 is 9.13 Å². The fraction of sp³-hybridized carbons (Fsp3) is 0.357. The quantitative estimate of drug-likeness (QED) is 0.859. The normalized spacial score (nSPS) is 13.6. The molecule has 2 aromatic rings. The first kappa shape index (κ1) is 12.6. The summed E-state index contributed by atoms with van der Waals surface area (Å²) in [6.07, 6.45) is 3.16. The van der Waals surface area contributed by atoms with Gasteiger partial charge in [0.1, 0.15) is 12.4 Å². The van der Waals surface area contributed by atoms with Crippen LogP contribution in [0.4, 0.5) is 4.39 Å². The maximum atomic E-state index is 13.7. The number of hydrogen-bond donors (Lipinski definition) is 0. The average molecular weight is 272 g/mol. The highest BCUT2D eigenvalue weighted by Gasteiger charge is 2.16. The predicted molar refractivity (Wildman–Crippen MR) is 68.4 cm³/mol. The van der Waals surface area contributed by atoms with Crippen LogP contribution < -0.4 is 4.74 Å². The van der Waals surface area contributed by atoms with E-state index in [1.165, 1.54) is 12.1 Å². The number of hydrogen-bond acceptors (Lipinski definition) is 4. The van der Waals surface area contributed by atoms with E-state index in [2.05, 4.69) is 10.2 Å². The van der Waals surface area contributed by atoms with Crippen LogP contribution in [0.1, 0.15) is 30.1 Å². The Kier molecular flexibility index (Phi) is 3.33. The number of aromatic nitrogens is 3. The molecular formula is C14H13FN4O. The molecule has 0 fully saturated rings. The Morgan fingerprint density at radius 2 is 2.25 bits per heavy atom. The first-order valence-electron chi connectivity index (χ1n) is 6.51. The summed E-state index contributed by atoms with van der Waals surface area (Å²) >= 11 is 0. The van der Waals surface area contributed by atoms with Crippen LogP contribution in [0.25, 0.3) is 0 Å². The van der Waals surface area contributed by atoms with Gasteiger partial charge in [0.2, 0.25) is 0 Å². The van der Waals surface area contributed by atoms with E-state index in [0.717, 1.165) is 37.7 Å². The van der Waals surface area contributed by atoms with E-state index in [1.807, 2.05) is 10.6 Å². The Balaban J connectivity index is 1.74. The number of halogens is 1. The standard InChI is InChI=1S/C14H13FN4O/c15-11-7-10(8-16)4-5-12(11)20-9-14-18-17-13-3-1-2-6-19(13)14/h4-5,7H,1-3,6,9H2. The Morgan fingerprint density at radius 1 is 1.35 bits per heavy atom. The molecule has 0 spiro atoms. The van der Waals surface area contributed by atoms with Gasteiger partial charge in [-0.3, -0.25) is 0 Å². The minimum absolute atomic E-state index is 0.122. The van der Waals surface area contributed by atoms with Crippen LogP contribution in [-0.4, -0.2) is 14.8 Å². The third kappa shape index (κ3) is 2.35. The second-order valence-corrected chi connectivity index (χ2v) is 4.69. The highest BCUT2D eigenvalue weighted by molar-refractivity contribution is 5.36.